The van der Waals surface area contributed by atoms with Crippen LogP contribution in [0, 0.1) is 23.7 Å². The van der Waals surface area contributed by atoms with E-state index in [-0.39, 0.29) is 47.1 Å². The van der Waals surface area contributed by atoms with E-state index in [1.807, 2.05) is 36.4 Å². The lowest BCUT2D eigenvalue weighted by molar-refractivity contribution is -0.123. The Morgan fingerprint density at radius 2 is 1.77 bits per heavy atom. The molecule has 3 aromatic rings. The molecule has 0 spiro atoms. The maximum atomic E-state index is 13.1. The van der Waals surface area contributed by atoms with Gasteiger partial charge in [0.1, 0.15) is 0 Å². The Balaban J connectivity index is 1.13. The van der Waals surface area contributed by atoms with Gasteiger partial charge in [0.05, 0.1) is 33.5 Å². The van der Waals surface area contributed by atoms with Crippen LogP contribution in [0.3, 0.4) is 0 Å². The zero-order valence-electron chi connectivity index (χ0n) is 19.4. The van der Waals surface area contributed by atoms with E-state index in [4.69, 9.17) is 0 Å². The predicted molar refractivity (Wildman–Crippen MR) is 140 cm³/mol. The highest BCUT2D eigenvalue weighted by Gasteiger charge is 2.59. The van der Waals surface area contributed by atoms with E-state index in [9.17, 15) is 14.4 Å². The van der Waals surface area contributed by atoms with Crippen LogP contribution in [0.2, 0.25) is 0 Å². The number of fused-ring (bicyclic) bond motifs is 6. The van der Waals surface area contributed by atoms with E-state index >= 15 is 0 Å². The molecule has 0 unspecified atom stereocenters. The Hall–Kier alpha value is -2.97. The summed E-state index contributed by atoms with van der Waals surface area (Å²) < 4.78 is 1.68. The second-order valence-corrected chi connectivity index (χ2v) is 12.0. The van der Waals surface area contributed by atoms with Gasteiger partial charge in [0.2, 0.25) is 17.7 Å². The molecule has 1 aromatic heterocycles. The zero-order chi connectivity index (χ0) is 24.3. The molecule has 1 N–H and O–H groups in total. The van der Waals surface area contributed by atoms with E-state index in [1.165, 1.54) is 33.6 Å². The molecule has 2 aliphatic carbocycles. The SMILES string of the molecule is CC(C)c1ccc(NC(=O)CSc2nc3ccc(N4C(=O)[C@@H]5[C@@H](C4=O)[C@H]4C=C[C@H]5C4)cc3s2)cc1. The molecule has 3 aliphatic rings. The number of thiazole rings is 1. The maximum Gasteiger partial charge on any atom is 0.238 e. The lowest BCUT2D eigenvalue weighted by atomic mass is 9.85. The van der Waals surface area contributed by atoms with Crippen molar-refractivity contribution in [3.8, 4) is 0 Å². The highest BCUT2D eigenvalue weighted by Crippen LogP contribution is 2.53. The van der Waals surface area contributed by atoms with Crippen LogP contribution in [0.15, 0.2) is 59.0 Å². The van der Waals surface area contributed by atoms with Crippen LogP contribution in [0.1, 0.15) is 31.7 Å². The van der Waals surface area contributed by atoms with Crippen molar-refractivity contribution in [2.45, 2.75) is 30.5 Å². The van der Waals surface area contributed by atoms with Gasteiger partial charge < -0.3 is 5.32 Å². The van der Waals surface area contributed by atoms with Crippen LogP contribution >= 0.6 is 23.1 Å². The number of anilines is 2. The number of thioether (sulfide) groups is 1. The Morgan fingerprint density at radius 3 is 2.43 bits per heavy atom. The Labute approximate surface area is 211 Å². The van der Waals surface area contributed by atoms with Gasteiger partial charge in [-0.2, -0.15) is 0 Å². The smallest absolute Gasteiger partial charge is 0.238 e. The second kappa shape index (κ2) is 8.60. The highest BCUT2D eigenvalue weighted by atomic mass is 32.2. The predicted octanol–water partition coefficient (Wildman–Crippen LogP) is 5.46. The molecule has 3 amide bonds. The number of rotatable bonds is 6. The van der Waals surface area contributed by atoms with E-state index in [0.717, 1.165) is 26.7 Å². The molecule has 1 saturated heterocycles. The van der Waals surface area contributed by atoms with Crippen molar-refractivity contribution in [3.05, 3.63) is 60.2 Å². The minimum absolute atomic E-state index is 0.0755. The van der Waals surface area contributed by atoms with Gasteiger partial charge >= 0.3 is 0 Å². The molecule has 2 bridgehead atoms. The molecule has 35 heavy (non-hydrogen) atoms. The Bertz CT molecular complexity index is 1350. The third kappa shape index (κ3) is 3.89. The van der Waals surface area contributed by atoms with Crippen molar-refractivity contribution in [2.75, 3.05) is 16.0 Å². The average Bonchev–Trinajstić information content (AvgIpc) is 3.60. The van der Waals surface area contributed by atoms with Crippen LogP contribution in [0.25, 0.3) is 10.2 Å². The molecule has 1 aliphatic heterocycles. The molecule has 0 radical (unpaired) electrons. The van der Waals surface area contributed by atoms with Gasteiger partial charge in [-0.1, -0.05) is 49.9 Å². The normalized spacial score (nSPS) is 24.7. The fraction of sp³-hybridized carbons (Fsp3) is 0.333. The minimum atomic E-state index is -0.208. The zero-order valence-corrected chi connectivity index (χ0v) is 21.1. The van der Waals surface area contributed by atoms with Gasteiger partial charge in [0, 0.05) is 5.69 Å². The highest BCUT2D eigenvalue weighted by molar-refractivity contribution is 8.01. The summed E-state index contributed by atoms with van der Waals surface area (Å²) >= 11 is 2.85. The number of benzene rings is 2. The van der Waals surface area contributed by atoms with Crippen molar-refractivity contribution in [1.29, 1.82) is 0 Å². The largest absolute Gasteiger partial charge is 0.325 e. The summed E-state index contributed by atoms with van der Waals surface area (Å²) in [7, 11) is 0. The number of carbonyl (C=O) groups excluding carboxylic acids is 3. The minimum Gasteiger partial charge on any atom is -0.325 e. The van der Waals surface area contributed by atoms with Crippen LogP contribution in [-0.4, -0.2) is 28.5 Å². The molecular weight excluding hydrogens is 478 g/mol. The first-order valence-corrected chi connectivity index (χ1v) is 13.7. The maximum absolute atomic E-state index is 13.1. The van der Waals surface area contributed by atoms with Crippen molar-refractivity contribution >= 4 is 62.4 Å². The quantitative estimate of drug-likeness (QED) is 0.274. The van der Waals surface area contributed by atoms with Crippen LogP contribution in [0.5, 0.6) is 0 Å². The summed E-state index contributed by atoms with van der Waals surface area (Å²) in [6.07, 6.45) is 5.13. The van der Waals surface area contributed by atoms with Crippen molar-refractivity contribution in [1.82, 2.24) is 4.98 Å². The molecule has 1 saturated carbocycles. The fourth-order valence-electron chi connectivity index (χ4n) is 5.53. The van der Waals surface area contributed by atoms with E-state index < -0.39 is 0 Å². The van der Waals surface area contributed by atoms with Crippen LogP contribution in [-0.2, 0) is 14.4 Å². The first-order valence-electron chi connectivity index (χ1n) is 11.9. The number of nitrogens with one attached hydrogen (secondary N) is 1. The summed E-state index contributed by atoms with van der Waals surface area (Å²) in [5.41, 5.74) is 3.43. The fourth-order valence-corrected chi connectivity index (χ4v) is 7.43. The Kier molecular flexibility index (Phi) is 5.53. The van der Waals surface area contributed by atoms with Gasteiger partial charge in [-0.3, -0.25) is 14.4 Å². The summed E-state index contributed by atoms with van der Waals surface area (Å²) in [6, 6.07) is 13.4. The van der Waals surface area contributed by atoms with Gasteiger partial charge in [-0.25, -0.2) is 9.88 Å². The van der Waals surface area contributed by atoms with E-state index in [2.05, 4.69) is 36.3 Å². The summed E-state index contributed by atoms with van der Waals surface area (Å²) in [6.45, 7) is 4.27. The number of imide groups is 1. The van der Waals surface area contributed by atoms with Crippen molar-refractivity contribution in [3.63, 3.8) is 0 Å². The lowest BCUT2D eigenvalue weighted by Crippen LogP contribution is -2.32. The van der Waals surface area contributed by atoms with Gasteiger partial charge in [-0.05, 0) is 60.1 Å². The van der Waals surface area contributed by atoms with Crippen molar-refractivity contribution in [2.24, 2.45) is 23.7 Å². The summed E-state index contributed by atoms with van der Waals surface area (Å²) in [5, 5.41) is 2.93. The average molecular weight is 504 g/mol. The third-order valence-electron chi connectivity index (χ3n) is 7.27. The Morgan fingerprint density at radius 1 is 1.09 bits per heavy atom. The molecule has 2 aromatic carbocycles. The van der Waals surface area contributed by atoms with Crippen LogP contribution < -0.4 is 10.2 Å². The van der Waals surface area contributed by atoms with Gasteiger partial charge in [-0.15, -0.1) is 11.3 Å². The molecule has 8 heteroatoms. The third-order valence-corrected chi connectivity index (χ3v) is 9.43. The van der Waals surface area contributed by atoms with Gasteiger partial charge in [0.15, 0.2) is 4.34 Å². The standard InChI is InChI=1S/C27H25N3O3S2/c1-14(2)15-5-7-18(8-6-15)28-22(31)13-34-27-29-20-10-9-19(12-21(20)35-27)30-25(32)23-16-3-4-17(11-16)24(23)26(30)33/h3-10,12,14,16-17,23-24H,11,13H2,1-2H3,(H,28,31)/t16-,17-,23-,24-/m0/s1. The van der Waals surface area contributed by atoms with Gasteiger partial charge in [0.25, 0.3) is 0 Å². The number of aromatic nitrogens is 1. The number of amides is 3. The van der Waals surface area contributed by atoms with E-state index in [1.54, 1.807) is 6.07 Å². The first kappa shape index (κ1) is 22.5. The number of carbonyl (C=O) groups is 3. The number of hydrogen-bond acceptors (Lipinski definition) is 6. The monoisotopic (exact) mass is 503 g/mol. The van der Waals surface area contributed by atoms with Crippen LogP contribution in [0.4, 0.5) is 11.4 Å². The molecule has 2 fully saturated rings. The first-order chi connectivity index (χ1) is 16.9. The number of hydrogen-bond donors (Lipinski definition) is 1. The van der Waals surface area contributed by atoms with Crippen molar-refractivity contribution < 1.29 is 14.4 Å². The topological polar surface area (TPSA) is 79.4 Å². The molecule has 6 nitrogen and oxygen atoms in total. The van der Waals surface area contributed by atoms with E-state index in [0.29, 0.717) is 11.6 Å². The lowest BCUT2D eigenvalue weighted by Gasteiger charge is -2.17. The molecular formula is C27H25N3O3S2. The second-order valence-electron chi connectivity index (χ2n) is 9.76. The molecule has 4 atom stereocenters. The number of allylic oxidation sites excluding steroid dienone is 2. The number of nitrogens with zero attached hydrogens (tertiary/aromatic N) is 2. The summed E-state index contributed by atoms with van der Waals surface area (Å²) in [5.74, 6) is 0.435. The molecule has 6 rings (SSSR count). The summed E-state index contributed by atoms with van der Waals surface area (Å²) in [4.78, 5) is 44.7. The molecule has 178 valence electrons. The molecule has 2 heterocycles.